The summed E-state index contributed by atoms with van der Waals surface area (Å²) in [4.78, 5) is 12.1. The highest BCUT2D eigenvalue weighted by molar-refractivity contribution is 6.62. The van der Waals surface area contributed by atoms with Gasteiger partial charge in [0.25, 0.3) is 0 Å². The van der Waals surface area contributed by atoms with E-state index in [9.17, 15) is 4.79 Å². The lowest BCUT2D eigenvalue weighted by atomic mass is 9.78. The number of alkyl carbamates (subject to hydrolysis) is 1. The van der Waals surface area contributed by atoms with Gasteiger partial charge in [-0.05, 0) is 73.3 Å². The van der Waals surface area contributed by atoms with Crippen molar-refractivity contribution in [1.82, 2.24) is 5.32 Å². The Morgan fingerprint density at radius 3 is 1.85 bits per heavy atom. The molecule has 6 heteroatoms. The Balaban J connectivity index is 2.10. The highest BCUT2D eigenvalue weighted by Crippen LogP contribution is 2.36. The third-order valence-electron chi connectivity index (χ3n) is 4.96. The highest BCUT2D eigenvalue weighted by Gasteiger charge is 2.51. The van der Waals surface area contributed by atoms with E-state index >= 15 is 0 Å². The third kappa shape index (κ3) is 4.60. The Hall–Kier alpha value is -1.53. The molecule has 1 fully saturated rings. The summed E-state index contributed by atoms with van der Waals surface area (Å²) in [5.41, 5.74) is 0.0228. The highest BCUT2D eigenvalue weighted by atomic mass is 16.7. The van der Waals surface area contributed by atoms with Crippen molar-refractivity contribution >= 4 is 18.7 Å². The van der Waals surface area contributed by atoms with Gasteiger partial charge in [-0.1, -0.05) is 24.3 Å². The van der Waals surface area contributed by atoms with Gasteiger partial charge in [0, 0.05) is 5.54 Å². The summed E-state index contributed by atoms with van der Waals surface area (Å²) in [5, 5.41) is 2.82. The largest absolute Gasteiger partial charge is 0.494 e. The number of rotatable bonds is 3. The van der Waals surface area contributed by atoms with E-state index in [1.807, 2.05) is 86.6 Å². The van der Waals surface area contributed by atoms with Crippen molar-refractivity contribution in [2.75, 3.05) is 0 Å². The molecule has 1 aromatic rings. The van der Waals surface area contributed by atoms with E-state index in [-0.39, 0.29) is 16.7 Å². The molecule has 144 valence electrons. The van der Waals surface area contributed by atoms with Crippen LogP contribution in [-0.4, -0.2) is 30.0 Å². The maximum Gasteiger partial charge on any atom is 0.494 e. The zero-order valence-corrected chi connectivity index (χ0v) is 17.5. The van der Waals surface area contributed by atoms with Crippen LogP contribution in [0.3, 0.4) is 0 Å². The van der Waals surface area contributed by atoms with Gasteiger partial charge in [-0.25, -0.2) is 4.79 Å². The molecular formula is C20H32BNO4. The lowest BCUT2D eigenvalue weighted by molar-refractivity contribution is 0.00578. The number of carbonyl (C=O) groups is 1. The molecular weight excluding hydrogens is 329 g/mol. The average molecular weight is 361 g/mol. The molecule has 5 nitrogen and oxygen atoms in total. The zero-order chi connectivity index (χ0) is 20.0. The molecule has 1 amide bonds. The SMILES string of the molecule is CC(C)(C)NC(=O)OC(C)(C)c1ccc(B2OC(C)(C)C(C)(C)O2)cc1. The summed E-state index contributed by atoms with van der Waals surface area (Å²) in [6.07, 6.45) is -0.433. The predicted molar refractivity (Wildman–Crippen MR) is 105 cm³/mol. The van der Waals surface area contributed by atoms with Crippen LogP contribution in [0.15, 0.2) is 24.3 Å². The van der Waals surface area contributed by atoms with Crippen LogP contribution < -0.4 is 10.8 Å². The number of ether oxygens (including phenoxy) is 1. The van der Waals surface area contributed by atoms with Gasteiger partial charge in [0.05, 0.1) is 11.2 Å². The van der Waals surface area contributed by atoms with Gasteiger partial charge >= 0.3 is 13.2 Å². The number of carbonyl (C=O) groups excluding carboxylic acids is 1. The molecule has 1 aliphatic heterocycles. The van der Waals surface area contributed by atoms with Crippen LogP contribution in [0.5, 0.6) is 0 Å². The normalized spacial score (nSPS) is 19.3. The number of benzene rings is 1. The predicted octanol–water partition coefficient (Wildman–Crippen LogP) is 3.75. The first-order chi connectivity index (χ1) is 11.6. The van der Waals surface area contributed by atoms with E-state index < -0.39 is 18.8 Å². The van der Waals surface area contributed by atoms with E-state index in [2.05, 4.69) is 5.32 Å². The number of amides is 1. The molecule has 1 N–H and O–H groups in total. The Morgan fingerprint density at radius 1 is 0.962 bits per heavy atom. The lowest BCUT2D eigenvalue weighted by Gasteiger charge is -2.32. The molecule has 0 saturated carbocycles. The minimum absolute atomic E-state index is 0.340. The van der Waals surface area contributed by atoms with Gasteiger partial charge in [-0.2, -0.15) is 0 Å². The van der Waals surface area contributed by atoms with Crippen molar-refractivity contribution in [2.24, 2.45) is 0 Å². The monoisotopic (exact) mass is 361 g/mol. The van der Waals surface area contributed by atoms with E-state index in [0.29, 0.717) is 0 Å². The van der Waals surface area contributed by atoms with Gasteiger partial charge < -0.3 is 19.4 Å². The molecule has 1 heterocycles. The van der Waals surface area contributed by atoms with Crippen molar-refractivity contribution < 1.29 is 18.8 Å². The second-order valence-corrected chi connectivity index (χ2v) is 9.49. The molecule has 0 bridgehead atoms. The fraction of sp³-hybridized carbons (Fsp3) is 0.650. The summed E-state index contributed by atoms with van der Waals surface area (Å²) < 4.78 is 17.8. The van der Waals surface area contributed by atoms with Crippen LogP contribution in [0.2, 0.25) is 0 Å². The fourth-order valence-electron chi connectivity index (χ4n) is 2.64. The molecule has 0 radical (unpaired) electrons. The molecule has 2 rings (SSSR count). The number of nitrogens with one attached hydrogen (secondary N) is 1. The van der Waals surface area contributed by atoms with Gasteiger partial charge in [-0.3, -0.25) is 0 Å². The van der Waals surface area contributed by atoms with Gasteiger partial charge in [0.15, 0.2) is 0 Å². The molecule has 0 spiro atoms. The summed E-state index contributed by atoms with van der Waals surface area (Å²) in [5.74, 6) is 0. The maximum atomic E-state index is 12.1. The quantitative estimate of drug-likeness (QED) is 0.834. The molecule has 0 unspecified atom stereocenters. The van der Waals surface area contributed by atoms with Crippen LogP contribution in [0.4, 0.5) is 4.79 Å². The number of hydrogen-bond acceptors (Lipinski definition) is 4. The van der Waals surface area contributed by atoms with E-state index in [1.165, 1.54) is 0 Å². The van der Waals surface area contributed by atoms with Crippen molar-refractivity contribution in [3.05, 3.63) is 29.8 Å². The molecule has 0 atom stereocenters. The Bertz CT molecular complexity index is 643. The van der Waals surface area contributed by atoms with E-state index in [1.54, 1.807) is 0 Å². The Morgan fingerprint density at radius 2 is 1.42 bits per heavy atom. The van der Waals surface area contributed by atoms with Crippen LogP contribution in [0.1, 0.15) is 67.9 Å². The molecule has 1 aromatic carbocycles. The molecule has 1 saturated heterocycles. The maximum absolute atomic E-state index is 12.1. The molecule has 0 aromatic heterocycles. The van der Waals surface area contributed by atoms with Crippen molar-refractivity contribution in [1.29, 1.82) is 0 Å². The molecule has 1 aliphatic rings. The summed E-state index contributed by atoms with van der Waals surface area (Å²) in [7, 11) is -0.401. The smallest absolute Gasteiger partial charge is 0.439 e. The minimum atomic E-state index is -0.746. The van der Waals surface area contributed by atoms with Crippen LogP contribution in [-0.2, 0) is 19.6 Å². The van der Waals surface area contributed by atoms with Gasteiger partial charge in [-0.15, -0.1) is 0 Å². The fourth-order valence-corrected chi connectivity index (χ4v) is 2.64. The van der Waals surface area contributed by atoms with Crippen LogP contribution in [0, 0.1) is 0 Å². The second-order valence-electron chi connectivity index (χ2n) is 9.49. The Labute approximate surface area is 157 Å². The summed E-state index contributed by atoms with van der Waals surface area (Å²) in [6, 6.07) is 7.82. The first-order valence-corrected chi connectivity index (χ1v) is 9.10. The Kier molecular flexibility index (Phi) is 5.25. The number of hydrogen-bond donors (Lipinski definition) is 1. The first kappa shape index (κ1) is 20.8. The first-order valence-electron chi connectivity index (χ1n) is 9.10. The topological polar surface area (TPSA) is 56.8 Å². The van der Waals surface area contributed by atoms with Crippen molar-refractivity contribution in [3.8, 4) is 0 Å². The standard InChI is InChI=1S/C20H32BNO4/c1-17(2,3)22-16(23)24-18(4,5)14-10-12-15(13-11-14)21-25-19(6,7)20(8,9)26-21/h10-13H,1-9H3,(H,22,23). The lowest BCUT2D eigenvalue weighted by Crippen LogP contribution is -2.43. The molecule has 26 heavy (non-hydrogen) atoms. The minimum Gasteiger partial charge on any atom is -0.439 e. The second kappa shape index (κ2) is 6.57. The average Bonchev–Trinajstić information content (AvgIpc) is 2.65. The van der Waals surface area contributed by atoms with Crippen LogP contribution >= 0.6 is 0 Å². The zero-order valence-electron chi connectivity index (χ0n) is 17.5. The van der Waals surface area contributed by atoms with E-state index in [0.717, 1.165) is 11.0 Å². The third-order valence-corrected chi connectivity index (χ3v) is 4.96. The summed E-state index contributed by atoms with van der Waals surface area (Å²) in [6.45, 7) is 17.6. The van der Waals surface area contributed by atoms with Gasteiger partial charge in [0.1, 0.15) is 5.60 Å². The van der Waals surface area contributed by atoms with E-state index in [4.69, 9.17) is 14.0 Å². The summed E-state index contributed by atoms with van der Waals surface area (Å²) >= 11 is 0. The molecule has 0 aliphatic carbocycles. The van der Waals surface area contributed by atoms with Crippen LogP contribution in [0.25, 0.3) is 0 Å². The van der Waals surface area contributed by atoms with Gasteiger partial charge in [0.2, 0.25) is 0 Å². The van der Waals surface area contributed by atoms with Crippen molar-refractivity contribution in [2.45, 2.75) is 84.7 Å². The van der Waals surface area contributed by atoms with Crippen molar-refractivity contribution in [3.63, 3.8) is 0 Å².